The van der Waals surface area contributed by atoms with E-state index in [0.29, 0.717) is 25.4 Å². The molecule has 2 N–H and O–H groups in total. The van der Waals surface area contributed by atoms with Gasteiger partial charge in [0.15, 0.2) is 0 Å². The third-order valence-corrected chi connectivity index (χ3v) is 3.59. The van der Waals surface area contributed by atoms with E-state index in [1.54, 1.807) is 0 Å². The second-order valence-corrected chi connectivity index (χ2v) is 4.83. The van der Waals surface area contributed by atoms with Gasteiger partial charge in [0.25, 0.3) is 0 Å². The van der Waals surface area contributed by atoms with E-state index >= 15 is 0 Å². The van der Waals surface area contributed by atoms with Crippen molar-refractivity contribution in [2.24, 2.45) is 0 Å². The normalized spacial score (nSPS) is 28.2. The van der Waals surface area contributed by atoms with Crippen LogP contribution in [0.15, 0.2) is 0 Å². The van der Waals surface area contributed by atoms with Gasteiger partial charge in [0.05, 0.1) is 0 Å². The lowest BCUT2D eigenvalue weighted by molar-refractivity contribution is -0.134. The van der Waals surface area contributed by atoms with Crippen molar-refractivity contribution in [1.82, 2.24) is 15.5 Å². The van der Waals surface area contributed by atoms with Crippen LogP contribution in [0.5, 0.6) is 0 Å². The summed E-state index contributed by atoms with van der Waals surface area (Å²) in [6.07, 6.45) is 3.46. The molecule has 17 heavy (non-hydrogen) atoms. The zero-order valence-corrected chi connectivity index (χ0v) is 10.4. The first kappa shape index (κ1) is 12.4. The Bertz CT molecular complexity index is 300. The maximum atomic E-state index is 12.2. The standard InChI is InChI=1S/C12H21N3O2/c1-2-15(8-9-4-3-7-13-9)12(17)10-5-6-11(16)14-10/h9-10,13H,2-8H2,1H3,(H,14,16). The minimum absolute atomic E-state index is 0.00149. The molecule has 2 unspecified atom stereocenters. The SMILES string of the molecule is CCN(CC1CCCN1)C(=O)C1CCC(=O)N1. The van der Waals surface area contributed by atoms with Crippen LogP contribution >= 0.6 is 0 Å². The zero-order chi connectivity index (χ0) is 12.3. The van der Waals surface area contributed by atoms with Crippen LogP contribution in [0.1, 0.15) is 32.6 Å². The summed E-state index contributed by atoms with van der Waals surface area (Å²) in [5, 5.41) is 6.14. The highest BCUT2D eigenvalue weighted by molar-refractivity contribution is 5.90. The van der Waals surface area contributed by atoms with Gasteiger partial charge in [-0.15, -0.1) is 0 Å². The molecular weight excluding hydrogens is 218 g/mol. The number of amides is 2. The van der Waals surface area contributed by atoms with Crippen LogP contribution in [-0.2, 0) is 9.59 Å². The fraction of sp³-hybridized carbons (Fsp3) is 0.833. The van der Waals surface area contributed by atoms with Crippen LogP contribution in [-0.4, -0.2) is 48.4 Å². The van der Waals surface area contributed by atoms with E-state index in [1.165, 1.54) is 6.42 Å². The number of hydrogen-bond donors (Lipinski definition) is 2. The van der Waals surface area contributed by atoms with Crippen molar-refractivity contribution in [3.05, 3.63) is 0 Å². The number of carbonyl (C=O) groups is 2. The number of likely N-dealkylation sites (N-methyl/N-ethyl adjacent to an activating group) is 1. The lowest BCUT2D eigenvalue weighted by Crippen LogP contribution is -2.48. The Morgan fingerprint density at radius 1 is 1.47 bits per heavy atom. The summed E-state index contributed by atoms with van der Waals surface area (Å²) in [4.78, 5) is 25.2. The molecule has 2 fully saturated rings. The third-order valence-electron chi connectivity index (χ3n) is 3.59. The van der Waals surface area contributed by atoms with Crippen LogP contribution in [0, 0.1) is 0 Å². The quantitative estimate of drug-likeness (QED) is 0.718. The third kappa shape index (κ3) is 2.97. The average molecular weight is 239 g/mol. The van der Waals surface area contributed by atoms with E-state index < -0.39 is 0 Å². The van der Waals surface area contributed by atoms with Gasteiger partial charge in [0.2, 0.25) is 11.8 Å². The summed E-state index contributed by atoms with van der Waals surface area (Å²) in [7, 11) is 0. The second kappa shape index (κ2) is 5.49. The predicted molar refractivity (Wildman–Crippen MR) is 64.4 cm³/mol. The molecule has 5 nitrogen and oxygen atoms in total. The zero-order valence-electron chi connectivity index (χ0n) is 10.4. The molecule has 0 radical (unpaired) electrons. The molecule has 96 valence electrons. The molecule has 2 aliphatic heterocycles. The first-order chi connectivity index (χ1) is 8.20. The Hall–Kier alpha value is -1.10. The average Bonchev–Trinajstić information content (AvgIpc) is 2.96. The van der Waals surface area contributed by atoms with Crippen molar-refractivity contribution in [2.45, 2.75) is 44.7 Å². The number of hydrogen-bond acceptors (Lipinski definition) is 3. The number of carbonyl (C=O) groups excluding carboxylic acids is 2. The van der Waals surface area contributed by atoms with Crippen molar-refractivity contribution >= 4 is 11.8 Å². The topological polar surface area (TPSA) is 61.4 Å². The lowest BCUT2D eigenvalue weighted by Gasteiger charge is -2.27. The summed E-state index contributed by atoms with van der Waals surface area (Å²) in [6, 6.07) is 0.139. The molecule has 0 bridgehead atoms. The smallest absolute Gasteiger partial charge is 0.245 e. The molecule has 5 heteroatoms. The maximum absolute atomic E-state index is 12.2. The van der Waals surface area contributed by atoms with Gasteiger partial charge in [0, 0.05) is 25.6 Å². The molecule has 2 amide bonds. The van der Waals surface area contributed by atoms with Gasteiger partial charge in [-0.25, -0.2) is 0 Å². The van der Waals surface area contributed by atoms with Crippen molar-refractivity contribution in [3.63, 3.8) is 0 Å². The van der Waals surface area contributed by atoms with Crippen LogP contribution in [0.3, 0.4) is 0 Å². The Kier molecular flexibility index (Phi) is 3.99. The summed E-state index contributed by atoms with van der Waals surface area (Å²) in [5.74, 6) is 0.0745. The summed E-state index contributed by atoms with van der Waals surface area (Å²) >= 11 is 0. The second-order valence-electron chi connectivity index (χ2n) is 4.83. The van der Waals surface area contributed by atoms with E-state index in [-0.39, 0.29) is 17.9 Å². The fourth-order valence-corrected chi connectivity index (χ4v) is 2.57. The number of nitrogens with zero attached hydrogens (tertiary/aromatic N) is 1. The Balaban J connectivity index is 1.88. The van der Waals surface area contributed by atoms with Gasteiger partial charge in [0.1, 0.15) is 6.04 Å². The molecule has 0 aromatic rings. The van der Waals surface area contributed by atoms with Crippen molar-refractivity contribution in [1.29, 1.82) is 0 Å². The molecule has 2 saturated heterocycles. The monoisotopic (exact) mass is 239 g/mol. The molecule has 2 aliphatic rings. The summed E-state index contributed by atoms with van der Waals surface area (Å²) in [5.41, 5.74) is 0. The molecule has 0 aromatic carbocycles. The van der Waals surface area contributed by atoms with Crippen molar-refractivity contribution in [2.75, 3.05) is 19.6 Å². The highest BCUT2D eigenvalue weighted by Crippen LogP contribution is 2.12. The lowest BCUT2D eigenvalue weighted by atomic mass is 10.1. The van der Waals surface area contributed by atoms with E-state index in [9.17, 15) is 9.59 Å². The van der Waals surface area contributed by atoms with Gasteiger partial charge in [-0.05, 0) is 32.7 Å². The summed E-state index contributed by atoms with van der Waals surface area (Å²) < 4.78 is 0. The molecule has 2 atom stereocenters. The first-order valence-electron chi connectivity index (χ1n) is 6.52. The first-order valence-corrected chi connectivity index (χ1v) is 6.52. The Labute approximate surface area is 102 Å². The maximum Gasteiger partial charge on any atom is 0.245 e. The molecular formula is C12H21N3O2. The van der Waals surface area contributed by atoms with Gasteiger partial charge < -0.3 is 15.5 Å². The molecule has 2 rings (SSSR count). The van der Waals surface area contributed by atoms with Gasteiger partial charge in [-0.2, -0.15) is 0 Å². The van der Waals surface area contributed by atoms with Crippen molar-refractivity contribution < 1.29 is 9.59 Å². The van der Waals surface area contributed by atoms with Gasteiger partial charge in [-0.1, -0.05) is 0 Å². The fourth-order valence-electron chi connectivity index (χ4n) is 2.57. The van der Waals surface area contributed by atoms with Crippen LogP contribution in [0.2, 0.25) is 0 Å². The van der Waals surface area contributed by atoms with Crippen LogP contribution < -0.4 is 10.6 Å². The Morgan fingerprint density at radius 2 is 2.29 bits per heavy atom. The highest BCUT2D eigenvalue weighted by atomic mass is 16.2. The van der Waals surface area contributed by atoms with Gasteiger partial charge >= 0.3 is 0 Å². The molecule has 0 aromatic heterocycles. The number of rotatable bonds is 4. The van der Waals surface area contributed by atoms with Crippen LogP contribution in [0.25, 0.3) is 0 Å². The van der Waals surface area contributed by atoms with Gasteiger partial charge in [-0.3, -0.25) is 9.59 Å². The Morgan fingerprint density at radius 3 is 2.82 bits per heavy atom. The molecule has 0 aliphatic carbocycles. The predicted octanol–water partition coefficient (Wildman–Crippen LogP) is -0.134. The van der Waals surface area contributed by atoms with E-state index in [0.717, 1.165) is 19.5 Å². The minimum Gasteiger partial charge on any atom is -0.344 e. The van der Waals surface area contributed by atoms with Crippen LogP contribution in [0.4, 0.5) is 0 Å². The molecule has 0 saturated carbocycles. The molecule has 2 heterocycles. The number of nitrogens with one attached hydrogen (secondary N) is 2. The van der Waals surface area contributed by atoms with E-state index in [2.05, 4.69) is 10.6 Å². The minimum atomic E-state index is -0.288. The van der Waals surface area contributed by atoms with Crippen molar-refractivity contribution in [3.8, 4) is 0 Å². The van der Waals surface area contributed by atoms with E-state index in [1.807, 2.05) is 11.8 Å². The van der Waals surface area contributed by atoms with E-state index in [4.69, 9.17) is 0 Å². The largest absolute Gasteiger partial charge is 0.344 e. The highest BCUT2D eigenvalue weighted by Gasteiger charge is 2.31. The summed E-state index contributed by atoms with van der Waals surface area (Å²) in [6.45, 7) is 4.52. The molecule has 0 spiro atoms.